The fourth-order valence-electron chi connectivity index (χ4n) is 5.03. The van der Waals surface area contributed by atoms with Crippen molar-refractivity contribution in [1.29, 1.82) is 0 Å². The predicted molar refractivity (Wildman–Crippen MR) is 156 cm³/mol. The van der Waals surface area contributed by atoms with Gasteiger partial charge in [-0.25, -0.2) is 4.98 Å². The molecule has 5 rings (SSSR count). The van der Waals surface area contributed by atoms with Gasteiger partial charge in [0.15, 0.2) is 5.57 Å². The van der Waals surface area contributed by atoms with Gasteiger partial charge in [-0.2, -0.15) is 0 Å². The van der Waals surface area contributed by atoms with E-state index in [-0.39, 0.29) is 0 Å². The molecule has 0 spiro atoms. The van der Waals surface area contributed by atoms with Crippen molar-refractivity contribution in [3.8, 4) is 0 Å². The summed E-state index contributed by atoms with van der Waals surface area (Å²) in [7, 11) is -0.404. The summed E-state index contributed by atoms with van der Waals surface area (Å²) >= 11 is 0. The van der Waals surface area contributed by atoms with Gasteiger partial charge in [0.2, 0.25) is 0 Å². The van der Waals surface area contributed by atoms with Gasteiger partial charge < -0.3 is 4.57 Å². The van der Waals surface area contributed by atoms with Crippen molar-refractivity contribution < 1.29 is 0 Å². The van der Waals surface area contributed by atoms with Gasteiger partial charge in [-0.1, -0.05) is 119 Å². The van der Waals surface area contributed by atoms with Crippen LogP contribution < -0.4 is 16.2 Å². The van der Waals surface area contributed by atoms with E-state index < -0.39 is 7.05 Å². The third-order valence-electron chi connectivity index (χ3n) is 6.91. The Labute approximate surface area is 214 Å². The second-order valence-corrected chi connectivity index (χ2v) is 12.9. The van der Waals surface area contributed by atoms with Crippen LogP contribution in [0.25, 0.3) is 11.0 Å². The molecule has 0 bridgehead atoms. The van der Waals surface area contributed by atoms with Crippen molar-refractivity contribution in [2.24, 2.45) is 11.8 Å². The normalized spacial score (nSPS) is 12.0. The fourth-order valence-corrected chi connectivity index (χ4v) is 8.64. The van der Waals surface area contributed by atoms with E-state index in [0.717, 1.165) is 22.3 Å². The summed E-state index contributed by atoms with van der Waals surface area (Å²) in [5, 5.41) is 2.42. The van der Waals surface area contributed by atoms with Crippen LogP contribution in [0.5, 0.6) is 0 Å². The van der Waals surface area contributed by atoms with Crippen LogP contribution in [-0.2, 0) is 7.05 Å². The molecule has 0 aliphatic carbocycles. The highest BCUT2D eigenvalue weighted by Gasteiger charge is 2.33. The molecule has 1 heterocycles. The van der Waals surface area contributed by atoms with Crippen LogP contribution in [0.2, 0.25) is 0 Å². The number of imidazole rings is 1. The largest absolute Gasteiger partial charge is 0.326 e. The Morgan fingerprint density at radius 1 is 0.639 bits per heavy atom. The molecule has 36 heavy (non-hydrogen) atoms. The Bertz CT molecular complexity index is 1480. The highest BCUT2D eigenvalue weighted by atomic mass is 31.2. The second kappa shape index (κ2) is 9.91. The number of para-hydroxylation sites is 2. The lowest BCUT2D eigenvalue weighted by Gasteiger charge is -2.28. The van der Waals surface area contributed by atoms with Gasteiger partial charge in [0, 0.05) is 17.7 Å². The van der Waals surface area contributed by atoms with Crippen molar-refractivity contribution in [3.63, 3.8) is 0 Å². The molecular weight excluding hydrogens is 457 g/mol. The summed E-state index contributed by atoms with van der Waals surface area (Å²) in [6, 6.07) is 36.7. The first-order valence-corrected chi connectivity index (χ1v) is 14.5. The number of nitrogens with zero attached hydrogens (tertiary/aromatic N) is 3. The maximum atomic E-state index is 5.93. The van der Waals surface area contributed by atoms with E-state index in [1.165, 1.54) is 21.7 Å². The number of fused-ring (bicyclic) bond motifs is 1. The summed E-state index contributed by atoms with van der Waals surface area (Å²) in [5.41, 5.74) is 6.85. The van der Waals surface area contributed by atoms with E-state index in [1.807, 2.05) is 0 Å². The summed E-state index contributed by atoms with van der Waals surface area (Å²) < 4.78 is 8.19. The Kier molecular flexibility index (Phi) is 6.69. The van der Waals surface area contributed by atoms with Gasteiger partial charge >= 0.3 is 0 Å². The molecular formula is C32H34N3P. The number of aromatic nitrogens is 2. The lowest BCUT2D eigenvalue weighted by atomic mass is 9.93. The van der Waals surface area contributed by atoms with Crippen LogP contribution in [0, 0.1) is 0 Å². The number of hydrogen-bond donors (Lipinski definition) is 0. The Morgan fingerprint density at radius 2 is 1.14 bits per heavy atom. The van der Waals surface area contributed by atoms with Crippen LogP contribution in [-0.4, -0.2) is 9.55 Å². The van der Waals surface area contributed by atoms with Crippen LogP contribution >= 0.6 is 7.05 Å². The zero-order valence-electron chi connectivity index (χ0n) is 21.8. The van der Waals surface area contributed by atoms with Gasteiger partial charge in [-0.15, -0.1) is 0 Å². The summed E-state index contributed by atoms with van der Waals surface area (Å²) in [5.74, 6) is 0.715. The van der Waals surface area contributed by atoms with Crippen LogP contribution in [0.15, 0.2) is 108 Å². The highest BCUT2D eigenvalue weighted by molar-refractivity contribution is 7.87. The maximum Gasteiger partial charge on any atom is 0.158 e. The van der Waals surface area contributed by atoms with Gasteiger partial charge in [0.05, 0.1) is 23.8 Å². The molecule has 4 aromatic carbocycles. The molecule has 0 unspecified atom stereocenters. The minimum Gasteiger partial charge on any atom is -0.326 e. The minimum atomic E-state index is -2.54. The van der Waals surface area contributed by atoms with Crippen LogP contribution in [0.1, 0.15) is 50.7 Å². The monoisotopic (exact) mass is 491 g/mol. The molecule has 0 N–H and O–H groups in total. The average molecular weight is 492 g/mol. The highest BCUT2D eigenvalue weighted by Crippen LogP contribution is 2.51. The van der Waals surface area contributed by atoms with Crippen LogP contribution in [0.3, 0.4) is 0 Å². The average Bonchev–Trinajstić information content (AvgIpc) is 3.24. The molecule has 5 aromatic rings. The first-order chi connectivity index (χ1) is 17.4. The van der Waals surface area contributed by atoms with E-state index >= 15 is 0 Å². The van der Waals surface area contributed by atoms with E-state index in [2.05, 4.69) is 142 Å². The zero-order chi connectivity index (χ0) is 25.3. The number of aryl methyl sites for hydroxylation is 1. The molecule has 0 fully saturated rings. The standard InChI is InChI=1S/C32H34N3P/c1-23(2)27-19-14-20-28(24(3)4)31(27)34-36(25-15-8-6-9-16-25,26-17-10-7-11-18-26)32-33-29-21-12-13-22-30(29)35(32)5/h6-24H,1-5H3. The van der Waals surface area contributed by atoms with Crippen molar-refractivity contribution in [2.45, 2.75) is 39.5 Å². The smallest absolute Gasteiger partial charge is 0.158 e. The van der Waals surface area contributed by atoms with Gasteiger partial charge in [-0.3, -0.25) is 4.74 Å². The van der Waals surface area contributed by atoms with E-state index in [9.17, 15) is 0 Å². The Morgan fingerprint density at radius 3 is 1.64 bits per heavy atom. The molecule has 182 valence electrons. The molecule has 4 heteroatoms. The first-order valence-electron chi connectivity index (χ1n) is 12.7. The Hall–Kier alpha value is -3.42. The quantitative estimate of drug-likeness (QED) is 0.225. The van der Waals surface area contributed by atoms with Crippen molar-refractivity contribution >= 4 is 39.9 Å². The van der Waals surface area contributed by atoms with Crippen molar-refractivity contribution in [1.82, 2.24) is 9.55 Å². The van der Waals surface area contributed by atoms with E-state index in [0.29, 0.717) is 11.8 Å². The maximum absolute atomic E-state index is 5.93. The third kappa shape index (κ3) is 4.12. The summed E-state index contributed by atoms with van der Waals surface area (Å²) in [4.78, 5) is 5.30. The molecule has 0 aliphatic heterocycles. The molecule has 3 nitrogen and oxygen atoms in total. The van der Waals surface area contributed by atoms with Gasteiger partial charge in [-0.05, 0) is 35.1 Å². The molecule has 0 saturated heterocycles. The van der Waals surface area contributed by atoms with Crippen molar-refractivity contribution in [2.75, 3.05) is 0 Å². The first kappa shape index (κ1) is 24.3. The zero-order valence-corrected chi connectivity index (χ0v) is 22.7. The molecule has 0 amide bonds. The molecule has 0 saturated carbocycles. The molecule has 0 aliphatic rings. The number of benzene rings is 4. The third-order valence-corrected chi connectivity index (χ3v) is 10.5. The summed E-state index contributed by atoms with van der Waals surface area (Å²) in [6.07, 6.45) is 0. The topological polar surface area (TPSA) is 30.2 Å². The number of rotatable bonds is 6. The lowest BCUT2D eigenvalue weighted by molar-refractivity contribution is 0.835. The molecule has 1 aromatic heterocycles. The predicted octanol–water partition coefficient (Wildman–Crippen LogP) is 7.63. The van der Waals surface area contributed by atoms with Gasteiger partial charge in [0.1, 0.15) is 0 Å². The minimum absolute atomic E-state index is 0.358. The van der Waals surface area contributed by atoms with Gasteiger partial charge in [0.25, 0.3) is 0 Å². The van der Waals surface area contributed by atoms with E-state index in [4.69, 9.17) is 9.73 Å². The second-order valence-electron chi connectivity index (χ2n) is 9.96. The lowest BCUT2D eigenvalue weighted by Crippen LogP contribution is -2.31. The Balaban J connectivity index is 2.03. The summed E-state index contributed by atoms with van der Waals surface area (Å²) in [6.45, 7) is 9.05. The van der Waals surface area contributed by atoms with Crippen molar-refractivity contribution in [3.05, 3.63) is 114 Å². The van der Waals surface area contributed by atoms with E-state index in [1.54, 1.807) is 0 Å². The van der Waals surface area contributed by atoms with Crippen LogP contribution in [0.4, 0.5) is 5.69 Å². The molecule has 0 atom stereocenters. The SMILES string of the molecule is CC(C)c1cccc(C(C)C)c1N=P(c1ccccc1)(c1ccccc1)c1nc2ccccc2n1C. The number of hydrogen-bond acceptors (Lipinski definition) is 2. The molecule has 0 radical (unpaired) electrons. The fraction of sp³-hybridized carbons (Fsp3) is 0.219.